The number of pyridine rings is 1. The number of hydrogen-bond acceptors (Lipinski definition) is 6. The van der Waals surface area contributed by atoms with Crippen LogP contribution in [0.3, 0.4) is 0 Å². The Morgan fingerprint density at radius 1 is 0.677 bits per heavy atom. The van der Waals surface area contributed by atoms with E-state index in [1.807, 2.05) is 97.2 Å². The van der Waals surface area contributed by atoms with Crippen molar-refractivity contribution in [2.75, 3.05) is 0 Å². The van der Waals surface area contributed by atoms with Gasteiger partial charge in [0.25, 0.3) is 0 Å². The summed E-state index contributed by atoms with van der Waals surface area (Å²) in [5.41, 5.74) is 12.3. The number of aromatic nitrogens is 5. The molecule has 0 spiro atoms. The van der Waals surface area contributed by atoms with Gasteiger partial charge >= 0.3 is 0 Å². The largest absolute Gasteiger partial charge is 0.499 e. The SMILES string of the molecule is CC(C)(C)c1ccnc(-c2[c-]cccc2)n1.[2H]C([2H])([2H])c1c2oc3c(-c4nc5ccccc5n4-c4c(C(C)C)cc(-c5ccccc5)cc4C(C)C)[c-]ccc3c2nc2oc3ccccc3c12.[Ir]. The second-order valence-corrected chi connectivity index (χ2v) is 17.9. The summed E-state index contributed by atoms with van der Waals surface area (Å²) in [6.45, 7) is 12.8. The third-order valence-corrected chi connectivity index (χ3v) is 11.8. The summed E-state index contributed by atoms with van der Waals surface area (Å²) in [5, 5.41) is 1.79. The van der Waals surface area contributed by atoms with Gasteiger partial charge < -0.3 is 13.4 Å². The maximum absolute atomic E-state index is 8.65. The molecule has 11 rings (SSSR count). The molecule has 11 aromatic rings. The van der Waals surface area contributed by atoms with Gasteiger partial charge in [-0.15, -0.1) is 54.1 Å². The fourth-order valence-corrected chi connectivity index (χ4v) is 8.54. The van der Waals surface area contributed by atoms with E-state index < -0.39 is 6.85 Å². The quantitative estimate of drug-likeness (QED) is 0.154. The summed E-state index contributed by atoms with van der Waals surface area (Å²) in [6, 6.07) is 50.7. The van der Waals surface area contributed by atoms with Gasteiger partial charge in [-0.05, 0) is 82.7 Å². The predicted molar refractivity (Wildman–Crippen MR) is 261 cm³/mol. The first-order valence-electron chi connectivity index (χ1n) is 23.3. The molecule has 0 atom stereocenters. The van der Waals surface area contributed by atoms with Gasteiger partial charge in [0.15, 0.2) is 0 Å². The van der Waals surface area contributed by atoms with E-state index in [9.17, 15) is 0 Å². The molecule has 1 radical (unpaired) electrons. The smallest absolute Gasteiger partial charge is 0.228 e. The molecule has 0 aliphatic rings. The van der Waals surface area contributed by atoms with Crippen molar-refractivity contribution in [3.63, 3.8) is 0 Å². The van der Waals surface area contributed by atoms with Crippen LogP contribution in [0.2, 0.25) is 0 Å². The molecule has 0 amide bonds. The molecule has 0 saturated heterocycles. The van der Waals surface area contributed by atoms with E-state index in [1.54, 1.807) is 0 Å². The van der Waals surface area contributed by atoms with Gasteiger partial charge in [0, 0.05) is 58.2 Å². The number of fused-ring (bicyclic) bond motifs is 7. The fraction of sp³-hybridized carbons (Fsp3) is 0.193. The van der Waals surface area contributed by atoms with Crippen LogP contribution >= 0.6 is 0 Å². The van der Waals surface area contributed by atoms with Crippen molar-refractivity contribution in [2.24, 2.45) is 0 Å². The van der Waals surface area contributed by atoms with Crippen LogP contribution in [0.1, 0.15) is 86.8 Å². The molecular formula is C57H49IrN5O2-2. The fourth-order valence-electron chi connectivity index (χ4n) is 8.54. The van der Waals surface area contributed by atoms with Crippen LogP contribution < -0.4 is 0 Å². The Kier molecular flexibility index (Phi) is 10.6. The Bertz CT molecular complexity index is 3600. The molecule has 325 valence electrons. The molecule has 7 nitrogen and oxygen atoms in total. The zero-order valence-electron chi connectivity index (χ0n) is 40.3. The maximum atomic E-state index is 8.65. The van der Waals surface area contributed by atoms with Crippen molar-refractivity contribution < 1.29 is 33.1 Å². The average Bonchev–Trinajstić information content (AvgIpc) is 4.01. The molecule has 0 aliphatic heterocycles. The van der Waals surface area contributed by atoms with Crippen molar-refractivity contribution >= 4 is 55.2 Å². The van der Waals surface area contributed by atoms with Gasteiger partial charge in [-0.2, -0.15) is 0 Å². The minimum Gasteiger partial charge on any atom is -0.499 e. The average molecular weight is 1030 g/mol. The molecule has 0 unspecified atom stereocenters. The van der Waals surface area contributed by atoms with E-state index in [0.717, 1.165) is 33.8 Å². The second kappa shape index (κ2) is 17.3. The first kappa shape index (κ1) is 39.8. The summed E-state index contributed by atoms with van der Waals surface area (Å²) >= 11 is 0. The monoisotopic (exact) mass is 1030 g/mol. The standard InChI is InChI=1S/C43H34N3O2.C14H15N2.Ir/c1-24(2)32-22-28(27-14-7-6-8-15-27)23-33(25(3)4)39(32)46-35-20-11-10-19-34(35)44-42(46)31-18-13-17-30-38-40(48-41(30)31)26(5)37-29-16-9-12-21-36(29)47-43(37)45-38;1-14(2,3)12-9-10-15-13(16-12)11-7-5-4-6-8-11;/h6-17,19-25H,1-5H3;4-7,9-10H,1-3H3;/q2*-1;/i5D3;;. The van der Waals surface area contributed by atoms with Gasteiger partial charge in [-0.1, -0.05) is 115 Å². The van der Waals surface area contributed by atoms with Gasteiger partial charge in [-0.25, -0.2) is 4.98 Å². The van der Waals surface area contributed by atoms with Crippen molar-refractivity contribution in [3.8, 4) is 39.6 Å². The first-order chi connectivity index (χ1) is 32.2. The van der Waals surface area contributed by atoms with Crippen molar-refractivity contribution in [1.29, 1.82) is 0 Å². The van der Waals surface area contributed by atoms with Crippen LogP contribution in [-0.2, 0) is 25.5 Å². The van der Waals surface area contributed by atoms with Crippen LogP contribution in [0.25, 0.3) is 94.8 Å². The molecule has 65 heavy (non-hydrogen) atoms. The molecule has 5 heterocycles. The minimum absolute atomic E-state index is 0. The van der Waals surface area contributed by atoms with Crippen LogP contribution in [0, 0.1) is 19.0 Å². The normalized spacial score (nSPS) is 12.7. The van der Waals surface area contributed by atoms with Gasteiger partial charge in [-0.3, -0.25) is 15.0 Å². The number of benzene rings is 6. The van der Waals surface area contributed by atoms with E-state index in [-0.39, 0.29) is 54.2 Å². The van der Waals surface area contributed by atoms with E-state index >= 15 is 0 Å². The zero-order chi connectivity index (χ0) is 46.8. The van der Waals surface area contributed by atoms with Gasteiger partial charge in [0.1, 0.15) is 16.7 Å². The molecule has 0 N–H and O–H groups in total. The number of hydrogen-bond donors (Lipinski definition) is 0. The number of nitrogens with zero attached hydrogens (tertiary/aromatic N) is 5. The van der Waals surface area contributed by atoms with Crippen molar-refractivity contribution in [3.05, 3.63) is 174 Å². The summed E-state index contributed by atoms with van der Waals surface area (Å²) in [6.07, 6.45) is 1.81. The number of furan rings is 2. The Morgan fingerprint density at radius 3 is 2.12 bits per heavy atom. The van der Waals surface area contributed by atoms with Gasteiger partial charge in [0.05, 0.1) is 33.7 Å². The molecular weight excluding hydrogens is 979 g/mol. The molecule has 6 aromatic carbocycles. The van der Waals surface area contributed by atoms with Crippen LogP contribution in [-0.4, -0.2) is 24.5 Å². The Balaban J connectivity index is 0.000000289. The number of rotatable bonds is 6. The molecule has 8 heteroatoms. The summed E-state index contributed by atoms with van der Waals surface area (Å²) in [7, 11) is 0. The first-order valence-corrected chi connectivity index (χ1v) is 21.8. The van der Waals surface area contributed by atoms with Crippen molar-refractivity contribution in [1.82, 2.24) is 24.5 Å². The van der Waals surface area contributed by atoms with Crippen LogP contribution in [0.4, 0.5) is 0 Å². The van der Waals surface area contributed by atoms with Crippen molar-refractivity contribution in [2.45, 2.75) is 72.6 Å². The summed E-state index contributed by atoms with van der Waals surface area (Å²) in [4.78, 5) is 19.0. The van der Waals surface area contributed by atoms with E-state index in [4.69, 9.17) is 22.9 Å². The molecule has 0 fully saturated rings. The zero-order valence-corrected chi connectivity index (χ0v) is 39.7. The number of imidazole rings is 1. The van der Waals surface area contributed by atoms with E-state index in [0.29, 0.717) is 44.2 Å². The third kappa shape index (κ3) is 7.85. The van der Waals surface area contributed by atoms with E-state index in [2.05, 4.69) is 118 Å². The summed E-state index contributed by atoms with van der Waals surface area (Å²) < 4.78 is 41.0. The maximum Gasteiger partial charge on any atom is 0.228 e. The third-order valence-electron chi connectivity index (χ3n) is 11.8. The van der Waals surface area contributed by atoms with Gasteiger partial charge in [0.2, 0.25) is 5.71 Å². The Labute approximate surface area is 397 Å². The molecule has 0 bridgehead atoms. The van der Waals surface area contributed by atoms with E-state index in [1.165, 1.54) is 22.3 Å². The van der Waals surface area contributed by atoms with Crippen LogP contribution in [0.15, 0.2) is 148 Å². The number of aryl methyl sites for hydroxylation is 1. The second-order valence-electron chi connectivity index (χ2n) is 17.9. The number of para-hydroxylation sites is 3. The minimum atomic E-state index is -2.50. The predicted octanol–water partition coefficient (Wildman–Crippen LogP) is 15.1. The molecule has 5 aromatic heterocycles. The molecule has 0 aliphatic carbocycles. The summed E-state index contributed by atoms with van der Waals surface area (Å²) in [5.74, 6) is 1.78. The Hall–Kier alpha value is -6.73. The molecule has 0 saturated carbocycles. The van der Waals surface area contributed by atoms with Crippen LogP contribution in [0.5, 0.6) is 0 Å². The Morgan fingerprint density at radius 2 is 1.40 bits per heavy atom. The topological polar surface area (TPSA) is 82.8 Å².